The van der Waals surface area contributed by atoms with Gasteiger partial charge >= 0.3 is 5.69 Å². The molecule has 3 heterocycles. The Morgan fingerprint density at radius 3 is 2.59 bits per heavy atom. The minimum absolute atomic E-state index is 0.120. The average Bonchev–Trinajstić information content (AvgIpc) is 2.87. The predicted molar refractivity (Wildman–Crippen MR) is 139 cm³/mol. The van der Waals surface area contributed by atoms with Crippen molar-refractivity contribution in [3.8, 4) is 11.5 Å². The zero-order valence-corrected chi connectivity index (χ0v) is 20.9. The summed E-state index contributed by atoms with van der Waals surface area (Å²) in [6, 6.07) is 7.74. The molecule has 1 fully saturated rings. The molecule has 2 aliphatic rings. The first-order chi connectivity index (χ1) is 16.6. The number of nitrogens with two attached hydrogens (primary N) is 2. The van der Waals surface area contributed by atoms with Gasteiger partial charge in [0.25, 0.3) is 0 Å². The highest BCUT2D eigenvalue weighted by Gasteiger charge is 2.25. The van der Waals surface area contributed by atoms with Crippen LogP contribution in [0.4, 0.5) is 11.5 Å². The summed E-state index contributed by atoms with van der Waals surface area (Å²) >= 11 is 0. The van der Waals surface area contributed by atoms with Crippen molar-refractivity contribution in [3.05, 3.63) is 40.9 Å². The van der Waals surface area contributed by atoms with Gasteiger partial charge in [-0.3, -0.25) is 14.5 Å². The van der Waals surface area contributed by atoms with Crippen LogP contribution < -0.4 is 32.5 Å². The highest BCUT2D eigenvalue weighted by molar-refractivity contribution is 5.75. The molecule has 10 nitrogen and oxygen atoms in total. The molecule has 1 saturated heterocycles. The van der Waals surface area contributed by atoms with Gasteiger partial charge in [0, 0.05) is 32.3 Å². The number of nitrogens with zero attached hydrogens (tertiary/aromatic N) is 4. The zero-order chi connectivity index (χ0) is 24.9. The molecule has 0 amide bonds. The molecule has 0 bridgehead atoms. The number of piperidine rings is 1. The Morgan fingerprint density at radius 2 is 1.88 bits per heavy atom. The SMILES string of the molecule is CC.CC.NC(N)=NCCCNCN1CCC(n2cc3c(nc2=O)Nc2ccccc2O3)CC1. The lowest BCUT2D eigenvalue weighted by molar-refractivity contribution is 0.172. The van der Waals surface area contributed by atoms with Crippen LogP contribution in [-0.2, 0) is 0 Å². The minimum atomic E-state index is -0.250. The second-order valence-electron chi connectivity index (χ2n) is 7.53. The summed E-state index contributed by atoms with van der Waals surface area (Å²) in [6.07, 6.45) is 4.46. The van der Waals surface area contributed by atoms with E-state index in [0.717, 1.165) is 57.0 Å². The van der Waals surface area contributed by atoms with Crippen LogP contribution in [0.1, 0.15) is 53.0 Å². The number of para-hydroxylation sites is 2. The molecule has 188 valence electrons. The van der Waals surface area contributed by atoms with E-state index in [2.05, 4.69) is 25.5 Å². The average molecular weight is 473 g/mol. The first kappa shape index (κ1) is 27.1. The number of fused-ring (bicyclic) bond motifs is 2. The summed E-state index contributed by atoms with van der Waals surface area (Å²) in [4.78, 5) is 23.1. The lowest BCUT2D eigenvalue weighted by Gasteiger charge is -2.33. The van der Waals surface area contributed by atoms with Crippen LogP contribution in [0.25, 0.3) is 0 Å². The second-order valence-corrected chi connectivity index (χ2v) is 7.53. The molecule has 4 rings (SSSR count). The molecule has 0 saturated carbocycles. The number of aromatic nitrogens is 2. The third kappa shape index (κ3) is 7.46. The Morgan fingerprint density at radius 1 is 1.18 bits per heavy atom. The van der Waals surface area contributed by atoms with Crippen molar-refractivity contribution in [1.82, 2.24) is 19.8 Å². The van der Waals surface area contributed by atoms with Crippen LogP contribution in [-0.4, -0.2) is 53.3 Å². The van der Waals surface area contributed by atoms with Gasteiger partial charge in [0.2, 0.25) is 0 Å². The molecule has 10 heteroatoms. The monoisotopic (exact) mass is 472 g/mol. The van der Waals surface area contributed by atoms with Gasteiger partial charge in [0.05, 0.1) is 11.9 Å². The summed E-state index contributed by atoms with van der Waals surface area (Å²) in [5.41, 5.74) is 11.2. The fraction of sp³-hybridized carbons (Fsp3) is 0.542. The quantitative estimate of drug-likeness (QED) is 0.234. The van der Waals surface area contributed by atoms with E-state index in [1.54, 1.807) is 10.8 Å². The van der Waals surface area contributed by atoms with Gasteiger partial charge in [-0.25, -0.2) is 4.79 Å². The Kier molecular flexibility index (Phi) is 11.3. The first-order valence-electron chi connectivity index (χ1n) is 12.3. The maximum absolute atomic E-state index is 12.6. The number of ether oxygens (including phenoxy) is 1. The number of guanidine groups is 1. The minimum Gasteiger partial charge on any atom is -0.450 e. The number of hydrogen-bond donors (Lipinski definition) is 4. The molecular weight excluding hydrogens is 432 g/mol. The van der Waals surface area contributed by atoms with Gasteiger partial charge in [-0.15, -0.1) is 0 Å². The smallest absolute Gasteiger partial charge is 0.350 e. The third-order valence-corrected chi connectivity index (χ3v) is 5.37. The number of benzene rings is 1. The molecule has 0 atom stereocenters. The molecule has 6 N–H and O–H groups in total. The van der Waals surface area contributed by atoms with Crippen LogP contribution in [0, 0.1) is 0 Å². The van der Waals surface area contributed by atoms with Gasteiger partial charge in [-0.1, -0.05) is 39.8 Å². The number of anilines is 2. The fourth-order valence-electron chi connectivity index (χ4n) is 3.79. The number of nitrogens with one attached hydrogen (secondary N) is 2. The van der Waals surface area contributed by atoms with E-state index in [-0.39, 0.29) is 17.7 Å². The zero-order valence-electron chi connectivity index (χ0n) is 20.9. The van der Waals surface area contributed by atoms with Gasteiger partial charge < -0.3 is 26.8 Å². The lowest BCUT2D eigenvalue weighted by Crippen LogP contribution is -2.42. The summed E-state index contributed by atoms with van der Waals surface area (Å²) in [5.74, 6) is 1.92. The molecule has 1 aromatic heterocycles. The number of rotatable bonds is 7. The molecule has 0 aliphatic carbocycles. The summed E-state index contributed by atoms with van der Waals surface area (Å²) in [6.45, 7) is 12.1. The number of aliphatic imine (C=N–C) groups is 1. The topological polar surface area (TPSA) is 136 Å². The van der Waals surface area contributed by atoms with E-state index >= 15 is 0 Å². The van der Waals surface area contributed by atoms with Gasteiger partial charge in [-0.2, -0.15) is 4.98 Å². The van der Waals surface area contributed by atoms with Crippen LogP contribution >= 0.6 is 0 Å². The largest absolute Gasteiger partial charge is 0.450 e. The Hall–Kier alpha value is -3.11. The van der Waals surface area contributed by atoms with E-state index in [1.165, 1.54) is 0 Å². The molecular formula is C24H40N8O2. The summed E-state index contributed by atoms with van der Waals surface area (Å²) < 4.78 is 7.67. The molecule has 2 aliphatic heterocycles. The van der Waals surface area contributed by atoms with E-state index in [4.69, 9.17) is 16.2 Å². The van der Waals surface area contributed by atoms with Crippen LogP contribution in [0.2, 0.25) is 0 Å². The van der Waals surface area contributed by atoms with E-state index < -0.39 is 0 Å². The van der Waals surface area contributed by atoms with Crippen molar-refractivity contribution in [2.45, 2.75) is 53.0 Å². The van der Waals surface area contributed by atoms with Crippen LogP contribution in [0.3, 0.4) is 0 Å². The van der Waals surface area contributed by atoms with Crippen LogP contribution in [0.15, 0.2) is 40.2 Å². The molecule has 34 heavy (non-hydrogen) atoms. The van der Waals surface area contributed by atoms with Gasteiger partial charge in [0.15, 0.2) is 23.3 Å². The first-order valence-corrected chi connectivity index (χ1v) is 12.3. The Labute approximate surface area is 202 Å². The van der Waals surface area contributed by atoms with Crippen molar-refractivity contribution in [1.29, 1.82) is 0 Å². The maximum Gasteiger partial charge on any atom is 0.350 e. The van der Waals surface area contributed by atoms with Gasteiger partial charge in [-0.05, 0) is 37.9 Å². The van der Waals surface area contributed by atoms with E-state index in [1.807, 2.05) is 52.0 Å². The molecule has 1 aromatic carbocycles. The molecule has 0 radical (unpaired) electrons. The number of hydrogen-bond acceptors (Lipinski definition) is 7. The van der Waals surface area contributed by atoms with Crippen molar-refractivity contribution >= 4 is 17.5 Å². The maximum atomic E-state index is 12.6. The van der Waals surface area contributed by atoms with E-state index in [0.29, 0.717) is 18.1 Å². The normalized spacial score (nSPS) is 14.6. The number of likely N-dealkylation sites (tertiary alicyclic amines) is 1. The molecule has 0 unspecified atom stereocenters. The third-order valence-electron chi connectivity index (χ3n) is 5.37. The summed E-state index contributed by atoms with van der Waals surface area (Å²) in [5, 5.41) is 6.59. The van der Waals surface area contributed by atoms with Crippen molar-refractivity contribution in [2.24, 2.45) is 16.5 Å². The standard InChI is InChI=1S/C20H28N8O2.2C2H6/c21-19(22)24-9-3-8-23-13-27-10-6-14(7-11-27)28-12-17-18(26-20(28)29)25-15-4-1-2-5-16(15)30-17;2*1-2/h1-2,4-5,12,14,23H,3,6-11,13H2,(H4,21,22,24)(H,25,26,29);2*1-2H3. The summed E-state index contributed by atoms with van der Waals surface area (Å²) in [7, 11) is 0. The highest BCUT2D eigenvalue weighted by atomic mass is 16.5. The molecule has 2 aromatic rings. The Bertz CT molecular complexity index is 964. The van der Waals surface area contributed by atoms with Gasteiger partial charge in [0.1, 0.15) is 0 Å². The van der Waals surface area contributed by atoms with Crippen LogP contribution in [0.5, 0.6) is 11.5 Å². The van der Waals surface area contributed by atoms with Crippen molar-refractivity contribution in [3.63, 3.8) is 0 Å². The lowest BCUT2D eigenvalue weighted by atomic mass is 10.1. The highest BCUT2D eigenvalue weighted by Crippen LogP contribution is 2.40. The second kappa shape index (κ2) is 14.2. The Balaban J connectivity index is 0.000000970. The predicted octanol–water partition coefficient (Wildman–Crippen LogP) is 2.99. The van der Waals surface area contributed by atoms with E-state index in [9.17, 15) is 4.79 Å². The van der Waals surface area contributed by atoms with Crippen molar-refractivity contribution < 1.29 is 4.74 Å². The molecule has 0 spiro atoms. The van der Waals surface area contributed by atoms with Crippen molar-refractivity contribution in [2.75, 3.05) is 38.2 Å². The fourth-order valence-corrected chi connectivity index (χ4v) is 3.79.